The van der Waals surface area contributed by atoms with Gasteiger partial charge in [0, 0.05) is 51.0 Å². The van der Waals surface area contributed by atoms with Crippen molar-refractivity contribution < 1.29 is 9.78 Å². The molecule has 0 bridgehead atoms. The quantitative estimate of drug-likeness (QED) is 0.476. The summed E-state index contributed by atoms with van der Waals surface area (Å²) in [7, 11) is 0. The molecule has 5 rings (SSSR count). The summed E-state index contributed by atoms with van der Waals surface area (Å²) in [6.07, 6.45) is 6.18. The van der Waals surface area contributed by atoms with Gasteiger partial charge >= 0.3 is 5.95 Å². The van der Waals surface area contributed by atoms with Gasteiger partial charge in [0.2, 0.25) is 17.4 Å². The Labute approximate surface area is 193 Å². The smallest absolute Gasteiger partial charge is 0.351 e. The highest BCUT2D eigenvalue weighted by molar-refractivity contribution is 5.86. The first-order valence-electron chi connectivity index (χ1n) is 11.9. The molecule has 1 saturated carbocycles. The number of fused-ring (bicyclic) bond motifs is 1. The lowest BCUT2D eigenvalue weighted by Gasteiger charge is -2.35. The number of hydrogen-bond donors (Lipinski definition) is 4. The van der Waals surface area contributed by atoms with E-state index in [4.69, 9.17) is 10.7 Å². The minimum Gasteiger partial charge on any atom is -0.368 e. The molecule has 33 heavy (non-hydrogen) atoms. The van der Waals surface area contributed by atoms with E-state index in [1.165, 1.54) is 5.69 Å². The van der Waals surface area contributed by atoms with Crippen molar-refractivity contribution in [2.24, 2.45) is 5.73 Å². The Hall–Kier alpha value is -3.33. The number of carbonyl (C=O) groups excluding carboxylic acids is 1. The molecule has 9 heteroatoms. The molecule has 1 amide bonds. The predicted octanol–water partition coefficient (Wildman–Crippen LogP) is 2.47. The van der Waals surface area contributed by atoms with Crippen LogP contribution >= 0.6 is 0 Å². The summed E-state index contributed by atoms with van der Waals surface area (Å²) in [5, 5.41) is 8.13. The summed E-state index contributed by atoms with van der Waals surface area (Å²) in [6, 6.07) is 11.1. The van der Waals surface area contributed by atoms with Gasteiger partial charge in [-0.25, -0.2) is 4.98 Å². The highest BCUT2D eigenvalue weighted by Gasteiger charge is 2.23. The highest BCUT2D eigenvalue weighted by Crippen LogP contribution is 2.25. The van der Waals surface area contributed by atoms with Crippen LogP contribution in [-0.2, 0) is 4.79 Å². The van der Waals surface area contributed by atoms with Gasteiger partial charge in [-0.2, -0.15) is 0 Å². The molecule has 2 fully saturated rings. The number of aromatic nitrogens is 3. The maximum absolute atomic E-state index is 11.6. The number of amides is 1. The van der Waals surface area contributed by atoms with Crippen molar-refractivity contribution in [3.05, 3.63) is 36.5 Å². The summed E-state index contributed by atoms with van der Waals surface area (Å²) in [5.41, 5.74) is 9.04. The van der Waals surface area contributed by atoms with Gasteiger partial charge in [0.1, 0.15) is 0 Å². The second-order valence-corrected chi connectivity index (χ2v) is 9.12. The fourth-order valence-electron chi connectivity index (χ4n) is 4.79. The monoisotopic (exact) mass is 449 g/mol. The predicted molar refractivity (Wildman–Crippen MR) is 131 cm³/mol. The van der Waals surface area contributed by atoms with Gasteiger partial charge in [-0.1, -0.05) is 4.98 Å². The van der Waals surface area contributed by atoms with Crippen LogP contribution in [0.25, 0.3) is 11.0 Å². The first-order valence-corrected chi connectivity index (χ1v) is 11.9. The summed E-state index contributed by atoms with van der Waals surface area (Å²) >= 11 is 0. The number of rotatable bonds is 5. The largest absolute Gasteiger partial charge is 0.368 e. The molecule has 6 N–H and O–H groups in total. The molecule has 3 heterocycles. The maximum Gasteiger partial charge on any atom is 0.351 e. The second-order valence-electron chi connectivity index (χ2n) is 9.12. The van der Waals surface area contributed by atoms with Crippen LogP contribution in [0.1, 0.15) is 32.6 Å². The average molecular weight is 450 g/mol. The highest BCUT2D eigenvalue weighted by atomic mass is 16.2. The van der Waals surface area contributed by atoms with Crippen molar-refractivity contribution in [2.45, 2.75) is 44.7 Å². The third kappa shape index (κ3) is 4.88. The summed E-state index contributed by atoms with van der Waals surface area (Å²) < 4.78 is 0. The average Bonchev–Trinajstić information content (AvgIpc) is 3.30. The number of nitrogens with zero attached hydrogens (tertiary/aromatic N) is 3. The Kier molecular flexibility index (Phi) is 6.04. The van der Waals surface area contributed by atoms with Crippen LogP contribution in [0, 0.1) is 0 Å². The molecule has 1 aromatic carbocycles. The molecule has 0 spiro atoms. The van der Waals surface area contributed by atoms with Crippen molar-refractivity contribution in [3.63, 3.8) is 0 Å². The zero-order valence-electron chi connectivity index (χ0n) is 19.1. The zero-order valence-corrected chi connectivity index (χ0v) is 19.1. The number of hydrogen-bond acceptors (Lipinski definition) is 6. The fraction of sp³-hybridized carbons (Fsp3) is 0.458. The number of aromatic amines is 2. The fourth-order valence-corrected chi connectivity index (χ4v) is 4.79. The molecule has 2 aromatic heterocycles. The van der Waals surface area contributed by atoms with E-state index in [-0.39, 0.29) is 5.91 Å². The summed E-state index contributed by atoms with van der Waals surface area (Å²) in [5.74, 6) is 1.81. The normalized spacial score (nSPS) is 21.3. The molecular formula is C24H33N8O+. The molecule has 174 valence electrons. The van der Waals surface area contributed by atoms with E-state index in [1.807, 2.05) is 17.2 Å². The second kappa shape index (κ2) is 9.27. The van der Waals surface area contributed by atoms with Crippen LogP contribution in [0.5, 0.6) is 0 Å². The number of benzene rings is 1. The third-order valence-corrected chi connectivity index (χ3v) is 6.80. The Morgan fingerprint density at radius 2 is 1.82 bits per heavy atom. The Morgan fingerprint density at radius 3 is 2.52 bits per heavy atom. The number of anilines is 4. The SMILES string of the molecule is CC(=O)N1CCN(c2ccc(Nc3nc4[nH]ccc4c(NC4CCC(N)CC4)[nH+]3)cc2)CC1. The van der Waals surface area contributed by atoms with Gasteiger partial charge < -0.3 is 25.8 Å². The molecule has 3 aromatic rings. The lowest BCUT2D eigenvalue weighted by molar-refractivity contribution is -0.346. The molecule has 0 unspecified atom stereocenters. The van der Waals surface area contributed by atoms with Gasteiger partial charge in [-0.05, 0) is 56.0 Å². The number of piperazine rings is 1. The van der Waals surface area contributed by atoms with Gasteiger partial charge in [-0.15, -0.1) is 0 Å². The lowest BCUT2D eigenvalue weighted by Crippen LogP contribution is -2.48. The van der Waals surface area contributed by atoms with Gasteiger partial charge in [0.15, 0.2) is 0 Å². The molecule has 2 aliphatic rings. The van der Waals surface area contributed by atoms with E-state index in [0.717, 1.165) is 74.4 Å². The first-order chi connectivity index (χ1) is 16.0. The third-order valence-electron chi connectivity index (χ3n) is 6.80. The van der Waals surface area contributed by atoms with Gasteiger partial charge in [-0.3, -0.25) is 10.1 Å². The van der Waals surface area contributed by atoms with Gasteiger partial charge in [0.25, 0.3) is 0 Å². The van der Waals surface area contributed by atoms with Crippen molar-refractivity contribution in [1.82, 2.24) is 14.9 Å². The minimum atomic E-state index is 0.151. The van der Waals surface area contributed by atoms with Crippen LogP contribution in [0.15, 0.2) is 36.5 Å². The van der Waals surface area contributed by atoms with E-state index >= 15 is 0 Å². The van der Waals surface area contributed by atoms with Gasteiger partial charge in [0.05, 0.1) is 17.1 Å². The minimum absolute atomic E-state index is 0.151. The zero-order chi connectivity index (χ0) is 22.8. The van der Waals surface area contributed by atoms with Crippen molar-refractivity contribution >= 4 is 40.1 Å². The topological polar surface area (TPSA) is 116 Å². The Bertz CT molecular complexity index is 1100. The molecule has 1 aliphatic carbocycles. The Balaban J connectivity index is 1.27. The Morgan fingerprint density at radius 1 is 1.09 bits per heavy atom. The molecule has 0 radical (unpaired) electrons. The van der Waals surface area contributed by atoms with Crippen LogP contribution in [-0.4, -0.2) is 59.0 Å². The van der Waals surface area contributed by atoms with Crippen molar-refractivity contribution in [2.75, 3.05) is 41.7 Å². The van der Waals surface area contributed by atoms with E-state index in [9.17, 15) is 4.79 Å². The lowest BCUT2D eigenvalue weighted by atomic mass is 9.92. The van der Waals surface area contributed by atoms with E-state index in [0.29, 0.717) is 18.0 Å². The number of carbonyl (C=O) groups is 1. The maximum atomic E-state index is 11.6. The first kappa shape index (κ1) is 21.5. The molecule has 9 nitrogen and oxygen atoms in total. The summed E-state index contributed by atoms with van der Waals surface area (Å²) in [6.45, 7) is 4.88. The van der Waals surface area contributed by atoms with Crippen LogP contribution < -0.4 is 26.3 Å². The standard InChI is InChI=1S/C24H32N8O/c1-16(33)31-12-14-32(15-13-31)20-8-6-19(7-9-20)28-24-29-22-21(10-11-26-22)23(30-24)27-18-4-2-17(25)3-5-18/h6-11,17-18H,2-5,12-15,25H2,1H3,(H3,26,27,28,29,30)/p+1. The number of nitrogens with two attached hydrogens (primary N) is 1. The summed E-state index contributed by atoms with van der Waals surface area (Å²) in [4.78, 5) is 27.1. The number of nitrogens with one attached hydrogen (secondary N) is 4. The van der Waals surface area contributed by atoms with Crippen LogP contribution in [0.3, 0.4) is 0 Å². The molecular weight excluding hydrogens is 416 g/mol. The van der Waals surface area contributed by atoms with E-state index in [1.54, 1.807) is 6.92 Å². The van der Waals surface area contributed by atoms with Crippen LogP contribution in [0.4, 0.5) is 23.1 Å². The molecule has 1 saturated heterocycles. The number of H-pyrrole nitrogens is 2. The van der Waals surface area contributed by atoms with Crippen molar-refractivity contribution in [3.8, 4) is 0 Å². The van der Waals surface area contributed by atoms with E-state index in [2.05, 4.69) is 49.8 Å². The molecule has 1 aliphatic heterocycles. The van der Waals surface area contributed by atoms with Crippen LogP contribution in [0.2, 0.25) is 0 Å². The van der Waals surface area contributed by atoms with Crippen molar-refractivity contribution in [1.29, 1.82) is 0 Å². The van der Waals surface area contributed by atoms with E-state index < -0.39 is 0 Å². The molecule has 0 atom stereocenters.